The van der Waals surface area contributed by atoms with Gasteiger partial charge < -0.3 is 15.2 Å². The number of benzene rings is 2. The number of nitrogens with one attached hydrogen (secondary N) is 1. The van der Waals surface area contributed by atoms with Crippen LogP contribution in [0.4, 0.5) is 0 Å². The number of aliphatic hydroxyl groups excluding tert-OH is 1. The molecule has 1 aliphatic heterocycles. The van der Waals surface area contributed by atoms with E-state index in [4.69, 9.17) is 4.74 Å². The molecule has 1 aliphatic carbocycles. The van der Waals surface area contributed by atoms with Crippen LogP contribution in [0.15, 0.2) is 72.9 Å². The minimum atomic E-state index is -0.390. The minimum absolute atomic E-state index is 0.00559. The normalized spacial score (nSPS) is 29.1. The number of fused-ring (bicyclic) bond motifs is 1. The number of rotatable bonds is 5. The summed E-state index contributed by atoms with van der Waals surface area (Å²) in [6, 6.07) is 22.4. The highest BCUT2D eigenvalue weighted by atomic mass is 16.5. The zero-order chi connectivity index (χ0) is 23.5. The van der Waals surface area contributed by atoms with Crippen LogP contribution in [-0.2, 0) is 17.2 Å². The van der Waals surface area contributed by atoms with Crippen molar-refractivity contribution in [3.05, 3.63) is 89.7 Å². The zero-order valence-corrected chi connectivity index (χ0v) is 19.6. The lowest BCUT2D eigenvalue weighted by atomic mass is 9.73. The first-order valence-electron chi connectivity index (χ1n) is 12.3. The summed E-state index contributed by atoms with van der Waals surface area (Å²) in [4.78, 5) is 12.8. The Labute approximate surface area is 201 Å². The molecule has 5 rings (SSSR count). The maximum absolute atomic E-state index is 12.8. The second-order valence-electron chi connectivity index (χ2n) is 9.82. The van der Waals surface area contributed by atoms with Crippen LogP contribution in [0.2, 0.25) is 0 Å². The minimum Gasteiger partial charge on any atom is -0.393 e. The first-order chi connectivity index (χ1) is 16.5. The van der Waals surface area contributed by atoms with Crippen LogP contribution in [-0.4, -0.2) is 39.5 Å². The number of carbonyl (C=O) groups is 1. The van der Waals surface area contributed by atoms with Gasteiger partial charge in [0.25, 0.3) is 5.91 Å². The molecule has 0 bridgehead atoms. The largest absolute Gasteiger partial charge is 0.393 e. The second kappa shape index (κ2) is 9.72. The zero-order valence-electron chi connectivity index (χ0n) is 19.6. The van der Waals surface area contributed by atoms with Crippen LogP contribution >= 0.6 is 0 Å². The summed E-state index contributed by atoms with van der Waals surface area (Å²) in [7, 11) is 1.81. The number of carbonyl (C=O) groups excluding carboxylic acids is 1. The molecule has 2 fully saturated rings. The van der Waals surface area contributed by atoms with Gasteiger partial charge in [0.1, 0.15) is 5.69 Å². The molecular weight excluding hydrogens is 426 g/mol. The summed E-state index contributed by atoms with van der Waals surface area (Å²) in [5, 5.41) is 18.5. The predicted molar refractivity (Wildman–Crippen MR) is 130 cm³/mol. The van der Waals surface area contributed by atoms with Gasteiger partial charge in [-0.15, -0.1) is 0 Å². The van der Waals surface area contributed by atoms with E-state index < -0.39 is 6.10 Å². The van der Waals surface area contributed by atoms with E-state index in [0.29, 0.717) is 18.7 Å². The van der Waals surface area contributed by atoms with E-state index in [-0.39, 0.29) is 29.4 Å². The fraction of sp³-hybridized carbons (Fsp3) is 0.429. The average molecular weight is 460 g/mol. The van der Waals surface area contributed by atoms with E-state index in [1.807, 2.05) is 31.3 Å². The van der Waals surface area contributed by atoms with Gasteiger partial charge in [0.2, 0.25) is 0 Å². The van der Waals surface area contributed by atoms with Crippen LogP contribution in [0.1, 0.15) is 59.8 Å². The maximum atomic E-state index is 12.8. The Hall–Kier alpha value is -2.96. The van der Waals surface area contributed by atoms with Gasteiger partial charge in [0, 0.05) is 37.5 Å². The fourth-order valence-corrected chi connectivity index (χ4v) is 5.77. The van der Waals surface area contributed by atoms with Gasteiger partial charge in [-0.1, -0.05) is 60.7 Å². The first-order valence-corrected chi connectivity index (χ1v) is 12.3. The highest BCUT2D eigenvalue weighted by molar-refractivity contribution is 5.92. The monoisotopic (exact) mass is 459 g/mol. The third-order valence-electron chi connectivity index (χ3n) is 7.72. The van der Waals surface area contributed by atoms with E-state index in [1.54, 1.807) is 16.9 Å². The summed E-state index contributed by atoms with van der Waals surface area (Å²) < 4.78 is 8.23. The number of hydrogen-bond donors (Lipinski definition) is 2. The molecule has 1 amide bonds. The Morgan fingerprint density at radius 2 is 1.79 bits per heavy atom. The van der Waals surface area contributed by atoms with Crippen molar-refractivity contribution in [2.24, 2.45) is 13.0 Å². The van der Waals surface area contributed by atoms with E-state index in [1.165, 1.54) is 5.56 Å². The molecule has 3 aromatic rings. The average Bonchev–Trinajstić information content (AvgIpc) is 3.22. The predicted octanol–water partition coefficient (Wildman–Crippen LogP) is 4.17. The van der Waals surface area contributed by atoms with Crippen LogP contribution in [0.25, 0.3) is 0 Å². The van der Waals surface area contributed by atoms with Crippen molar-refractivity contribution in [3.63, 3.8) is 0 Å². The van der Waals surface area contributed by atoms with E-state index >= 15 is 0 Å². The van der Waals surface area contributed by atoms with Crippen LogP contribution in [0, 0.1) is 5.92 Å². The number of amides is 1. The molecule has 1 saturated carbocycles. The Morgan fingerprint density at radius 3 is 2.50 bits per heavy atom. The van der Waals surface area contributed by atoms with E-state index in [0.717, 1.165) is 31.2 Å². The molecule has 2 aliphatic rings. The summed E-state index contributed by atoms with van der Waals surface area (Å²) in [6.45, 7) is 0.532. The molecule has 6 heteroatoms. The van der Waals surface area contributed by atoms with Crippen molar-refractivity contribution in [3.8, 4) is 0 Å². The number of nitrogens with zero attached hydrogens (tertiary/aromatic N) is 2. The number of aromatic nitrogens is 2. The number of ether oxygens (including phenoxy) is 1. The smallest absolute Gasteiger partial charge is 0.271 e. The lowest BCUT2D eigenvalue weighted by Crippen LogP contribution is -2.41. The van der Waals surface area contributed by atoms with Gasteiger partial charge in [-0.25, -0.2) is 0 Å². The Bertz CT molecular complexity index is 1100. The number of aryl methyl sites for hydroxylation is 1. The standard InChI is InChI=1S/C28H33N3O3/c1-31-17-14-23(30-31)27(33)29-19-28(21-10-6-3-7-11-21)15-12-22-24(32)18-26(34-25(22)13-16-28)20-8-4-2-5-9-20/h2-11,14,17,22,24-26,32H,12-13,15-16,18-19H2,1H3,(H,29,33)/t22-,24+,25+,26+,28+/m1/s1. The molecule has 34 heavy (non-hydrogen) atoms. The summed E-state index contributed by atoms with van der Waals surface area (Å²) in [6.07, 6.45) is 5.42. The molecule has 2 N–H and O–H groups in total. The SMILES string of the molecule is Cn1ccc(C(=O)NC[C@]2(c3ccccc3)CC[C@H]3[C@H](CC2)O[C@H](c2ccccc2)C[C@@H]3O)n1. The lowest BCUT2D eigenvalue weighted by Gasteiger charge is -2.39. The summed E-state index contributed by atoms with van der Waals surface area (Å²) in [5.41, 5.74) is 2.57. The molecule has 2 aromatic carbocycles. The number of hydrogen-bond acceptors (Lipinski definition) is 4. The maximum Gasteiger partial charge on any atom is 0.271 e. The van der Waals surface area contributed by atoms with Crippen molar-refractivity contribution < 1.29 is 14.6 Å². The summed E-state index contributed by atoms with van der Waals surface area (Å²) >= 11 is 0. The number of aliphatic hydroxyl groups is 1. The van der Waals surface area contributed by atoms with Crippen molar-refractivity contribution in [2.45, 2.75) is 55.8 Å². The highest BCUT2D eigenvalue weighted by Crippen LogP contribution is 2.46. The Morgan fingerprint density at radius 1 is 1.09 bits per heavy atom. The van der Waals surface area contributed by atoms with Gasteiger partial charge in [0.05, 0.1) is 18.3 Å². The molecule has 0 spiro atoms. The van der Waals surface area contributed by atoms with Gasteiger partial charge >= 0.3 is 0 Å². The molecule has 6 nitrogen and oxygen atoms in total. The molecule has 1 aromatic heterocycles. The summed E-state index contributed by atoms with van der Waals surface area (Å²) in [5.74, 6) is -0.0463. The van der Waals surface area contributed by atoms with Gasteiger partial charge in [-0.3, -0.25) is 9.48 Å². The fourth-order valence-electron chi connectivity index (χ4n) is 5.77. The van der Waals surface area contributed by atoms with E-state index in [9.17, 15) is 9.90 Å². The molecule has 178 valence electrons. The van der Waals surface area contributed by atoms with Crippen molar-refractivity contribution in [1.29, 1.82) is 0 Å². The molecule has 1 saturated heterocycles. The van der Waals surface area contributed by atoms with Crippen molar-refractivity contribution >= 4 is 5.91 Å². The van der Waals surface area contributed by atoms with Gasteiger partial charge in [0.15, 0.2) is 0 Å². The third kappa shape index (κ3) is 4.65. The third-order valence-corrected chi connectivity index (χ3v) is 7.72. The molecule has 5 atom stereocenters. The highest BCUT2D eigenvalue weighted by Gasteiger charge is 2.44. The quantitative estimate of drug-likeness (QED) is 0.601. The Balaban J connectivity index is 1.36. The molecular formula is C28H33N3O3. The van der Waals surface area contributed by atoms with Crippen LogP contribution in [0.5, 0.6) is 0 Å². The first kappa shape index (κ1) is 22.8. The topological polar surface area (TPSA) is 76.4 Å². The lowest BCUT2D eigenvalue weighted by molar-refractivity contribution is -0.139. The van der Waals surface area contributed by atoms with Crippen LogP contribution in [0.3, 0.4) is 0 Å². The Kier molecular flexibility index (Phi) is 6.53. The molecule has 2 heterocycles. The van der Waals surface area contributed by atoms with Crippen molar-refractivity contribution in [2.75, 3.05) is 6.54 Å². The van der Waals surface area contributed by atoms with Gasteiger partial charge in [-0.05, 0) is 42.9 Å². The second-order valence-corrected chi connectivity index (χ2v) is 9.82. The van der Waals surface area contributed by atoms with Crippen LogP contribution < -0.4 is 5.32 Å². The van der Waals surface area contributed by atoms with Crippen molar-refractivity contribution in [1.82, 2.24) is 15.1 Å². The van der Waals surface area contributed by atoms with Gasteiger partial charge in [-0.2, -0.15) is 5.10 Å². The van der Waals surface area contributed by atoms with E-state index in [2.05, 4.69) is 46.8 Å². The molecule has 0 radical (unpaired) electrons. The molecule has 0 unspecified atom stereocenters.